The van der Waals surface area contributed by atoms with E-state index in [9.17, 15) is 5.11 Å². The highest BCUT2D eigenvalue weighted by molar-refractivity contribution is 4.91. The van der Waals surface area contributed by atoms with Crippen LogP contribution in [-0.4, -0.2) is 54.4 Å². The van der Waals surface area contributed by atoms with E-state index in [0.717, 1.165) is 32.5 Å². The Morgan fingerprint density at radius 3 is 2.40 bits per heavy atom. The van der Waals surface area contributed by atoms with Crippen molar-refractivity contribution in [2.75, 3.05) is 33.2 Å². The molecule has 4 heteroatoms. The van der Waals surface area contributed by atoms with Gasteiger partial charge in [0.2, 0.25) is 0 Å². The van der Waals surface area contributed by atoms with Crippen molar-refractivity contribution in [2.45, 2.75) is 37.8 Å². The molecule has 0 amide bonds. The maximum atomic E-state index is 9.56. The molecule has 0 aromatic rings. The predicted molar refractivity (Wildman–Crippen MR) is 62.8 cm³/mol. The van der Waals surface area contributed by atoms with Crippen molar-refractivity contribution in [2.24, 2.45) is 5.73 Å². The molecule has 0 unspecified atom stereocenters. The van der Waals surface area contributed by atoms with Gasteiger partial charge in [-0.3, -0.25) is 0 Å². The molecule has 0 aliphatic carbocycles. The number of aliphatic hydroxyl groups is 1. The van der Waals surface area contributed by atoms with Gasteiger partial charge in [-0.25, -0.2) is 0 Å². The normalized spacial score (nSPS) is 23.0. The van der Waals surface area contributed by atoms with Crippen molar-refractivity contribution < 1.29 is 5.11 Å². The first-order valence-electron chi connectivity index (χ1n) is 5.71. The number of piperidine rings is 1. The highest BCUT2D eigenvalue weighted by Gasteiger charge is 2.29. The topological polar surface area (TPSA) is 61.5 Å². The lowest BCUT2D eigenvalue weighted by atomic mass is 9.88. The van der Waals surface area contributed by atoms with E-state index in [-0.39, 0.29) is 5.54 Å². The minimum atomic E-state index is -0.651. The summed E-state index contributed by atoms with van der Waals surface area (Å²) in [4.78, 5) is 2.31. The predicted octanol–water partition coefficient (Wildman–Crippen LogP) is -0.230. The molecule has 0 bridgehead atoms. The zero-order valence-corrected chi connectivity index (χ0v) is 10.2. The Morgan fingerprint density at radius 1 is 1.40 bits per heavy atom. The molecule has 1 fully saturated rings. The molecule has 15 heavy (non-hydrogen) atoms. The van der Waals surface area contributed by atoms with Crippen LogP contribution in [0.15, 0.2) is 0 Å². The number of nitrogens with two attached hydrogens (primary N) is 1. The van der Waals surface area contributed by atoms with Crippen LogP contribution in [0, 0.1) is 0 Å². The molecule has 4 N–H and O–H groups in total. The molecule has 1 rings (SSSR count). The van der Waals surface area contributed by atoms with Gasteiger partial charge in [-0.1, -0.05) is 0 Å². The molecule has 1 saturated heterocycles. The van der Waals surface area contributed by atoms with Crippen LogP contribution in [0.4, 0.5) is 0 Å². The van der Waals surface area contributed by atoms with E-state index < -0.39 is 5.60 Å². The van der Waals surface area contributed by atoms with E-state index in [1.54, 1.807) is 13.8 Å². The van der Waals surface area contributed by atoms with Crippen molar-refractivity contribution >= 4 is 0 Å². The van der Waals surface area contributed by atoms with Crippen LogP contribution in [0.5, 0.6) is 0 Å². The quantitative estimate of drug-likeness (QED) is 0.606. The fourth-order valence-corrected chi connectivity index (χ4v) is 1.86. The van der Waals surface area contributed by atoms with E-state index in [1.165, 1.54) is 0 Å². The van der Waals surface area contributed by atoms with Gasteiger partial charge < -0.3 is 21.1 Å². The van der Waals surface area contributed by atoms with Crippen LogP contribution < -0.4 is 11.1 Å². The van der Waals surface area contributed by atoms with E-state index >= 15 is 0 Å². The lowest BCUT2D eigenvalue weighted by molar-refractivity contribution is 0.0759. The highest BCUT2D eigenvalue weighted by Crippen LogP contribution is 2.17. The van der Waals surface area contributed by atoms with Gasteiger partial charge in [0, 0.05) is 18.6 Å². The zero-order chi connectivity index (χ0) is 11.5. The fourth-order valence-electron chi connectivity index (χ4n) is 1.86. The molecule has 0 radical (unpaired) electrons. The summed E-state index contributed by atoms with van der Waals surface area (Å²) in [7, 11) is 2.13. The average Bonchev–Trinajstić information content (AvgIpc) is 2.09. The Hall–Kier alpha value is -0.160. The molecule has 0 saturated carbocycles. The monoisotopic (exact) mass is 215 g/mol. The molecule has 0 spiro atoms. The fraction of sp³-hybridized carbons (Fsp3) is 1.00. The largest absolute Gasteiger partial charge is 0.389 e. The second-order valence-corrected chi connectivity index (χ2v) is 5.58. The first-order chi connectivity index (χ1) is 6.81. The van der Waals surface area contributed by atoms with Crippen LogP contribution in [0.1, 0.15) is 26.7 Å². The Bertz CT molecular complexity index is 192. The van der Waals surface area contributed by atoms with Crippen LogP contribution in [0.25, 0.3) is 0 Å². The maximum Gasteiger partial charge on any atom is 0.0715 e. The van der Waals surface area contributed by atoms with Crippen molar-refractivity contribution in [3.8, 4) is 0 Å². The third-order valence-electron chi connectivity index (χ3n) is 3.02. The summed E-state index contributed by atoms with van der Waals surface area (Å²) in [5, 5.41) is 12.8. The van der Waals surface area contributed by atoms with Crippen molar-refractivity contribution in [3.05, 3.63) is 0 Å². The summed E-state index contributed by atoms with van der Waals surface area (Å²) in [6.07, 6.45) is 2.06. The molecule has 0 aromatic carbocycles. The average molecular weight is 215 g/mol. The van der Waals surface area contributed by atoms with E-state index in [0.29, 0.717) is 6.54 Å². The first-order valence-corrected chi connectivity index (χ1v) is 5.71. The molecule has 1 aliphatic rings. The summed E-state index contributed by atoms with van der Waals surface area (Å²) in [5.41, 5.74) is 5.54. The Balaban J connectivity index is 2.25. The van der Waals surface area contributed by atoms with Gasteiger partial charge in [-0.05, 0) is 46.8 Å². The second kappa shape index (κ2) is 4.78. The Kier molecular flexibility index (Phi) is 4.12. The lowest BCUT2D eigenvalue weighted by Crippen LogP contribution is -2.56. The maximum absolute atomic E-state index is 9.56. The van der Waals surface area contributed by atoms with Crippen LogP contribution in [-0.2, 0) is 0 Å². The molecule has 0 aromatic heterocycles. The third-order valence-corrected chi connectivity index (χ3v) is 3.02. The van der Waals surface area contributed by atoms with Gasteiger partial charge in [0.05, 0.1) is 5.60 Å². The molecule has 1 heterocycles. The molecule has 0 atom stereocenters. The smallest absolute Gasteiger partial charge is 0.0715 e. The Labute approximate surface area is 92.8 Å². The van der Waals surface area contributed by atoms with Crippen molar-refractivity contribution in [1.82, 2.24) is 10.2 Å². The summed E-state index contributed by atoms with van der Waals surface area (Å²) >= 11 is 0. The van der Waals surface area contributed by atoms with Crippen LogP contribution in [0.2, 0.25) is 0 Å². The number of rotatable bonds is 4. The minimum Gasteiger partial charge on any atom is -0.389 e. The number of nitrogens with one attached hydrogen (secondary N) is 1. The summed E-state index contributed by atoms with van der Waals surface area (Å²) in [6, 6.07) is 0. The van der Waals surface area contributed by atoms with Crippen molar-refractivity contribution in [3.63, 3.8) is 0 Å². The van der Waals surface area contributed by atoms with Crippen molar-refractivity contribution in [1.29, 1.82) is 0 Å². The van der Waals surface area contributed by atoms with E-state index in [2.05, 4.69) is 17.3 Å². The lowest BCUT2D eigenvalue weighted by Gasteiger charge is -2.38. The standard InChI is InChI=1S/C11H25N3O/c1-10(2,15)8-13-9-11(12)4-6-14(3)7-5-11/h13,15H,4-9,12H2,1-3H3. The first kappa shape index (κ1) is 12.9. The minimum absolute atomic E-state index is 0.0856. The summed E-state index contributed by atoms with van der Waals surface area (Å²) in [6.45, 7) is 7.14. The molecule has 4 nitrogen and oxygen atoms in total. The molecule has 1 aliphatic heterocycles. The second-order valence-electron chi connectivity index (χ2n) is 5.58. The SMILES string of the molecule is CN1CCC(N)(CNCC(C)(C)O)CC1. The van der Waals surface area contributed by atoms with Gasteiger partial charge in [0.25, 0.3) is 0 Å². The molecule has 90 valence electrons. The molecular weight excluding hydrogens is 190 g/mol. The van der Waals surface area contributed by atoms with Crippen LogP contribution >= 0.6 is 0 Å². The molecular formula is C11H25N3O. The summed E-state index contributed by atoms with van der Waals surface area (Å²) < 4.78 is 0. The van der Waals surface area contributed by atoms with Gasteiger partial charge in [-0.15, -0.1) is 0 Å². The third kappa shape index (κ3) is 4.93. The van der Waals surface area contributed by atoms with Crippen LogP contribution in [0.3, 0.4) is 0 Å². The van der Waals surface area contributed by atoms with E-state index in [1.807, 2.05) is 0 Å². The highest BCUT2D eigenvalue weighted by atomic mass is 16.3. The zero-order valence-electron chi connectivity index (χ0n) is 10.2. The number of nitrogens with zero attached hydrogens (tertiary/aromatic N) is 1. The Morgan fingerprint density at radius 2 is 1.93 bits per heavy atom. The van der Waals surface area contributed by atoms with E-state index in [4.69, 9.17) is 5.73 Å². The van der Waals surface area contributed by atoms with Gasteiger partial charge in [0.15, 0.2) is 0 Å². The number of likely N-dealkylation sites (tertiary alicyclic amines) is 1. The van der Waals surface area contributed by atoms with Gasteiger partial charge in [0.1, 0.15) is 0 Å². The summed E-state index contributed by atoms with van der Waals surface area (Å²) in [5.74, 6) is 0. The van der Waals surface area contributed by atoms with Gasteiger partial charge in [-0.2, -0.15) is 0 Å². The van der Waals surface area contributed by atoms with Gasteiger partial charge >= 0.3 is 0 Å². The number of hydrogen-bond donors (Lipinski definition) is 3. The number of hydrogen-bond acceptors (Lipinski definition) is 4.